The molecule has 0 saturated carbocycles. The minimum absolute atomic E-state index is 0.175. The number of carbonyl (C=O) groups is 2. The molecule has 0 bridgehead atoms. The lowest BCUT2D eigenvalue weighted by Gasteiger charge is -2.08. The van der Waals surface area contributed by atoms with E-state index in [0.717, 1.165) is 16.0 Å². The molecule has 0 aliphatic carbocycles. The summed E-state index contributed by atoms with van der Waals surface area (Å²) in [7, 11) is 1.66. The van der Waals surface area contributed by atoms with Crippen LogP contribution in [0, 0.1) is 6.92 Å². The van der Waals surface area contributed by atoms with E-state index in [9.17, 15) is 14.4 Å². The fourth-order valence-corrected chi connectivity index (χ4v) is 3.36. The second-order valence-electron chi connectivity index (χ2n) is 6.11. The van der Waals surface area contributed by atoms with Crippen molar-refractivity contribution in [1.29, 1.82) is 0 Å². The fourth-order valence-electron chi connectivity index (χ4n) is 2.66. The van der Waals surface area contributed by atoms with E-state index in [0.29, 0.717) is 5.52 Å². The highest BCUT2D eigenvalue weighted by molar-refractivity contribution is 8.00. The van der Waals surface area contributed by atoms with Crippen molar-refractivity contribution in [3.8, 4) is 0 Å². The number of hydrogen-bond donors (Lipinski definition) is 2. The van der Waals surface area contributed by atoms with Gasteiger partial charge in [-0.25, -0.2) is 4.79 Å². The zero-order valence-electron chi connectivity index (χ0n) is 15.1. The van der Waals surface area contributed by atoms with E-state index in [2.05, 4.69) is 10.9 Å². The third kappa shape index (κ3) is 4.40. The van der Waals surface area contributed by atoms with Gasteiger partial charge in [-0.3, -0.25) is 29.6 Å². The molecule has 0 unspecified atom stereocenters. The van der Waals surface area contributed by atoms with Crippen molar-refractivity contribution >= 4 is 34.6 Å². The number of nitrogens with one attached hydrogen (secondary N) is 2. The molecule has 3 rings (SSSR count). The Bertz CT molecular complexity index is 1040. The molecule has 140 valence electrons. The fraction of sp³-hybridized carbons (Fsp3) is 0.211. The van der Waals surface area contributed by atoms with Crippen molar-refractivity contribution in [3.63, 3.8) is 0 Å². The number of para-hydroxylation sites is 2. The van der Waals surface area contributed by atoms with Crippen LogP contribution in [-0.4, -0.2) is 26.7 Å². The van der Waals surface area contributed by atoms with Crippen LogP contribution in [0.5, 0.6) is 0 Å². The second kappa shape index (κ2) is 8.13. The molecule has 2 N–H and O–H groups in total. The number of thioether (sulfide) groups is 1. The normalized spacial score (nSPS) is 10.7. The van der Waals surface area contributed by atoms with Gasteiger partial charge in [-0.2, -0.15) is 0 Å². The lowest BCUT2D eigenvalue weighted by molar-refractivity contribution is -0.128. The summed E-state index contributed by atoms with van der Waals surface area (Å²) < 4.78 is 2.86. The van der Waals surface area contributed by atoms with Crippen LogP contribution in [0.4, 0.5) is 0 Å². The lowest BCUT2D eigenvalue weighted by Crippen LogP contribution is -2.44. The molecule has 0 atom stereocenters. The van der Waals surface area contributed by atoms with Gasteiger partial charge in [0.1, 0.15) is 6.54 Å². The predicted molar refractivity (Wildman–Crippen MR) is 105 cm³/mol. The number of aromatic nitrogens is 2. The summed E-state index contributed by atoms with van der Waals surface area (Å²) in [6.45, 7) is 1.82. The number of imidazole rings is 1. The van der Waals surface area contributed by atoms with Gasteiger partial charge in [0.05, 0.1) is 16.8 Å². The zero-order chi connectivity index (χ0) is 19.4. The Morgan fingerprint density at radius 1 is 0.963 bits per heavy atom. The average molecular weight is 384 g/mol. The van der Waals surface area contributed by atoms with Crippen LogP contribution in [0.1, 0.15) is 5.56 Å². The summed E-state index contributed by atoms with van der Waals surface area (Å²) in [6, 6.07) is 15.1. The average Bonchev–Trinajstić information content (AvgIpc) is 2.91. The number of amides is 2. The first kappa shape index (κ1) is 18.8. The van der Waals surface area contributed by atoms with E-state index < -0.39 is 5.91 Å². The zero-order valence-corrected chi connectivity index (χ0v) is 15.9. The molecular weight excluding hydrogens is 364 g/mol. The molecule has 0 radical (unpaired) electrons. The maximum Gasteiger partial charge on any atom is 0.329 e. The maximum absolute atomic E-state index is 12.3. The molecule has 2 amide bonds. The molecule has 7 nitrogen and oxygen atoms in total. The van der Waals surface area contributed by atoms with Crippen molar-refractivity contribution in [2.75, 3.05) is 5.75 Å². The number of aryl methyl sites for hydroxylation is 2. The first-order chi connectivity index (χ1) is 13.0. The minimum Gasteiger partial charge on any atom is -0.295 e. The number of carbonyl (C=O) groups excluding carboxylic acids is 2. The van der Waals surface area contributed by atoms with Crippen LogP contribution in [0.3, 0.4) is 0 Å². The Hall–Kier alpha value is -3.00. The molecule has 1 aromatic heterocycles. The van der Waals surface area contributed by atoms with Crippen molar-refractivity contribution in [2.24, 2.45) is 7.05 Å². The molecule has 27 heavy (non-hydrogen) atoms. The largest absolute Gasteiger partial charge is 0.329 e. The van der Waals surface area contributed by atoms with E-state index in [1.54, 1.807) is 19.2 Å². The molecular formula is C19H20N4O3S. The third-order valence-electron chi connectivity index (χ3n) is 4.09. The highest BCUT2D eigenvalue weighted by Crippen LogP contribution is 2.17. The van der Waals surface area contributed by atoms with Crippen molar-refractivity contribution in [3.05, 3.63) is 64.6 Å². The Balaban J connectivity index is 1.54. The van der Waals surface area contributed by atoms with E-state index >= 15 is 0 Å². The van der Waals surface area contributed by atoms with Crippen LogP contribution in [0.25, 0.3) is 11.0 Å². The van der Waals surface area contributed by atoms with Gasteiger partial charge in [0.2, 0.25) is 5.91 Å². The van der Waals surface area contributed by atoms with Gasteiger partial charge >= 0.3 is 5.69 Å². The van der Waals surface area contributed by atoms with Crippen LogP contribution in [0.2, 0.25) is 0 Å². The van der Waals surface area contributed by atoms with Crippen molar-refractivity contribution in [1.82, 2.24) is 20.0 Å². The van der Waals surface area contributed by atoms with Gasteiger partial charge < -0.3 is 0 Å². The van der Waals surface area contributed by atoms with E-state index in [1.165, 1.54) is 20.9 Å². The quantitative estimate of drug-likeness (QED) is 0.517. The minimum atomic E-state index is -0.470. The summed E-state index contributed by atoms with van der Waals surface area (Å²) in [6.07, 6.45) is 0. The van der Waals surface area contributed by atoms with Crippen LogP contribution in [-0.2, 0) is 23.2 Å². The first-order valence-electron chi connectivity index (χ1n) is 8.37. The number of nitrogens with zero attached hydrogens (tertiary/aromatic N) is 2. The van der Waals surface area contributed by atoms with Gasteiger partial charge in [0.15, 0.2) is 0 Å². The molecule has 3 aromatic rings. The summed E-state index contributed by atoms with van der Waals surface area (Å²) >= 11 is 1.38. The molecule has 0 aliphatic heterocycles. The number of benzene rings is 2. The van der Waals surface area contributed by atoms with Gasteiger partial charge in [0.25, 0.3) is 5.91 Å². The molecule has 2 aromatic carbocycles. The SMILES string of the molecule is Cc1ccc(SCC(=O)NNC(=O)Cn2c(=O)n(C)c3ccccc32)cc1. The topological polar surface area (TPSA) is 85.1 Å². The van der Waals surface area contributed by atoms with Crippen molar-refractivity contribution in [2.45, 2.75) is 18.4 Å². The van der Waals surface area contributed by atoms with Gasteiger partial charge in [-0.05, 0) is 31.2 Å². The summed E-state index contributed by atoms with van der Waals surface area (Å²) in [5.41, 5.74) is 7.01. The van der Waals surface area contributed by atoms with Crippen LogP contribution in [0.15, 0.2) is 58.2 Å². The molecule has 1 heterocycles. The molecule has 0 aliphatic rings. The monoisotopic (exact) mass is 384 g/mol. The lowest BCUT2D eigenvalue weighted by atomic mass is 10.2. The molecule has 0 saturated heterocycles. The number of rotatable bonds is 5. The van der Waals surface area contributed by atoms with Crippen LogP contribution >= 0.6 is 11.8 Å². The third-order valence-corrected chi connectivity index (χ3v) is 5.10. The second-order valence-corrected chi connectivity index (χ2v) is 7.16. The molecule has 8 heteroatoms. The smallest absolute Gasteiger partial charge is 0.295 e. The Labute approximate surface area is 160 Å². The van der Waals surface area contributed by atoms with Crippen LogP contribution < -0.4 is 16.5 Å². The highest BCUT2D eigenvalue weighted by atomic mass is 32.2. The van der Waals surface area contributed by atoms with E-state index in [-0.39, 0.29) is 23.9 Å². The van der Waals surface area contributed by atoms with Gasteiger partial charge in [0, 0.05) is 11.9 Å². The van der Waals surface area contributed by atoms with Gasteiger partial charge in [-0.15, -0.1) is 11.8 Å². The Kier molecular flexibility index (Phi) is 5.66. The highest BCUT2D eigenvalue weighted by Gasteiger charge is 2.13. The maximum atomic E-state index is 12.3. The summed E-state index contributed by atoms with van der Waals surface area (Å²) in [5.74, 6) is -0.612. The number of hydrazine groups is 1. The standard InChI is InChI=1S/C19H20N4O3S/c1-13-7-9-14(10-8-13)27-12-18(25)21-20-17(24)11-23-16-6-4-3-5-15(16)22(2)19(23)26/h3-10H,11-12H2,1-2H3,(H,20,24)(H,21,25). The van der Waals surface area contributed by atoms with Crippen molar-refractivity contribution < 1.29 is 9.59 Å². The number of hydrogen-bond acceptors (Lipinski definition) is 4. The summed E-state index contributed by atoms with van der Waals surface area (Å²) in [5, 5.41) is 0. The molecule has 0 spiro atoms. The van der Waals surface area contributed by atoms with E-state index in [1.807, 2.05) is 43.3 Å². The first-order valence-corrected chi connectivity index (χ1v) is 9.35. The predicted octanol–water partition coefficient (Wildman–Crippen LogP) is 1.59. The van der Waals surface area contributed by atoms with Gasteiger partial charge in [-0.1, -0.05) is 29.8 Å². The number of fused-ring (bicyclic) bond motifs is 1. The Morgan fingerprint density at radius 3 is 2.30 bits per heavy atom. The summed E-state index contributed by atoms with van der Waals surface area (Å²) in [4.78, 5) is 37.3. The Morgan fingerprint density at radius 2 is 1.59 bits per heavy atom. The van der Waals surface area contributed by atoms with E-state index in [4.69, 9.17) is 0 Å². The molecule has 0 fully saturated rings.